The molecule has 0 spiro atoms. The summed E-state index contributed by atoms with van der Waals surface area (Å²) in [7, 11) is 1.68. The van der Waals surface area contributed by atoms with Gasteiger partial charge < -0.3 is 20.6 Å². The minimum absolute atomic E-state index is 0.107. The summed E-state index contributed by atoms with van der Waals surface area (Å²) in [4.78, 5) is 26.5. The molecule has 146 valence electrons. The van der Waals surface area contributed by atoms with E-state index in [0.29, 0.717) is 6.54 Å². The molecule has 3 N–H and O–H groups in total. The average molecular weight is 371 g/mol. The number of hydrogen-bond acceptors (Lipinski definition) is 4. The molecule has 1 heterocycles. The van der Waals surface area contributed by atoms with Gasteiger partial charge in [-0.05, 0) is 24.0 Å². The van der Waals surface area contributed by atoms with Crippen LogP contribution in [0.4, 0.5) is 0 Å². The molecule has 0 aliphatic carbocycles. The van der Waals surface area contributed by atoms with Gasteiger partial charge in [-0.1, -0.05) is 56.3 Å². The van der Waals surface area contributed by atoms with Gasteiger partial charge in [-0.25, -0.2) is 0 Å². The van der Waals surface area contributed by atoms with Crippen LogP contribution in [0, 0.1) is 5.92 Å². The maximum Gasteiger partial charge on any atom is 0.252 e. The summed E-state index contributed by atoms with van der Waals surface area (Å²) in [6.45, 7) is 5.86. The molecule has 1 unspecified atom stereocenters. The Bertz CT molecular complexity index is 713. The summed E-state index contributed by atoms with van der Waals surface area (Å²) >= 11 is 0. The van der Waals surface area contributed by atoms with E-state index in [-0.39, 0.29) is 17.7 Å². The van der Waals surface area contributed by atoms with E-state index in [1.54, 1.807) is 26.2 Å². The third-order valence-corrected chi connectivity index (χ3v) is 4.62. The van der Waals surface area contributed by atoms with Crippen LogP contribution < -0.4 is 10.6 Å². The number of hydrogen-bond donors (Lipinski definition) is 3. The van der Waals surface area contributed by atoms with E-state index in [4.69, 9.17) is 0 Å². The predicted octanol–water partition coefficient (Wildman–Crippen LogP) is 1.54. The van der Waals surface area contributed by atoms with Gasteiger partial charge in [0.15, 0.2) is 0 Å². The van der Waals surface area contributed by atoms with Gasteiger partial charge in [0.25, 0.3) is 5.91 Å². The van der Waals surface area contributed by atoms with Crippen molar-refractivity contribution in [3.8, 4) is 0 Å². The molecule has 1 aliphatic heterocycles. The zero-order valence-corrected chi connectivity index (χ0v) is 16.3. The van der Waals surface area contributed by atoms with E-state index in [0.717, 1.165) is 11.1 Å². The molecule has 0 saturated carbocycles. The highest BCUT2D eigenvalue weighted by Gasteiger charge is 2.25. The van der Waals surface area contributed by atoms with Crippen molar-refractivity contribution in [2.75, 3.05) is 13.6 Å². The fourth-order valence-corrected chi connectivity index (χ4v) is 2.63. The monoisotopic (exact) mass is 371 g/mol. The molecule has 1 aliphatic rings. The quantitative estimate of drug-likeness (QED) is 0.679. The van der Waals surface area contributed by atoms with E-state index < -0.39 is 18.2 Å². The first-order valence-corrected chi connectivity index (χ1v) is 9.23. The van der Waals surface area contributed by atoms with Crippen LogP contribution in [0.3, 0.4) is 0 Å². The van der Waals surface area contributed by atoms with Crippen molar-refractivity contribution in [1.29, 1.82) is 0 Å². The maximum atomic E-state index is 12.6. The van der Waals surface area contributed by atoms with E-state index in [9.17, 15) is 14.7 Å². The Morgan fingerprint density at radius 1 is 1.22 bits per heavy atom. The summed E-state index contributed by atoms with van der Waals surface area (Å²) in [6, 6.07) is 8.50. The first-order valence-electron chi connectivity index (χ1n) is 9.23. The summed E-state index contributed by atoms with van der Waals surface area (Å²) in [5.41, 5.74) is 1.90. The molecule has 0 bridgehead atoms. The number of likely N-dealkylation sites (N-methyl/N-ethyl adjacent to an activating group) is 1. The molecule has 1 aromatic carbocycles. The third kappa shape index (κ3) is 5.77. The van der Waals surface area contributed by atoms with E-state index in [1.807, 2.05) is 50.3 Å². The summed E-state index contributed by atoms with van der Waals surface area (Å²) in [6.07, 6.45) is 4.80. The van der Waals surface area contributed by atoms with Crippen LogP contribution in [0.25, 0.3) is 5.57 Å². The first-order chi connectivity index (χ1) is 12.8. The number of carbonyl (C=O) groups is 2. The molecule has 0 fully saturated rings. The van der Waals surface area contributed by atoms with Crippen molar-refractivity contribution in [2.24, 2.45) is 5.92 Å². The Balaban J connectivity index is 2.02. The molecule has 0 saturated heterocycles. The van der Waals surface area contributed by atoms with Crippen LogP contribution in [-0.4, -0.2) is 53.6 Å². The van der Waals surface area contributed by atoms with Gasteiger partial charge in [0.1, 0.15) is 6.04 Å². The highest BCUT2D eigenvalue weighted by atomic mass is 16.3. The Hall–Kier alpha value is -2.44. The molecule has 1 aromatic rings. The lowest BCUT2D eigenvalue weighted by Crippen LogP contribution is -2.51. The Morgan fingerprint density at radius 2 is 1.89 bits per heavy atom. The Labute approximate surface area is 160 Å². The smallest absolute Gasteiger partial charge is 0.252 e. The van der Waals surface area contributed by atoms with Gasteiger partial charge in [0.05, 0.1) is 12.1 Å². The number of amides is 2. The van der Waals surface area contributed by atoms with Crippen molar-refractivity contribution in [3.63, 3.8) is 0 Å². The molecule has 2 amide bonds. The number of nitrogens with zero attached hydrogens (tertiary/aromatic N) is 1. The molecule has 0 radical (unpaired) electrons. The highest BCUT2D eigenvalue weighted by molar-refractivity contribution is 5.94. The third-order valence-electron chi connectivity index (χ3n) is 4.62. The van der Waals surface area contributed by atoms with Crippen LogP contribution in [0.2, 0.25) is 0 Å². The topological polar surface area (TPSA) is 81.7 Å². The minimum Gasteiger partial charge on any atom is -0.392 e. The normalized spacial score (nSPS) is 19.5. The second-order valence-corrected chi connectivity index (χ2v) is 7.19. The van der Waals surface area contributed by atoms with Gasteiger partial charge in [-0.2, -0.15) is 0 Å². The number of allylic oxidation sites excluding steroid dienone is 2. The van der Waals surface area contributed by atoms with Crippen LogP contribution in [0.1, 0.15) is 26.3 Å². The molecule has 6 heteroatoms. The van der Waals surface area contributed by atoms with Crippen molar-refractivity contribution in [1.82, 2.24) is 15.5 Å². The second kappa shape index (κ2) is 9.48. The number of benzene rings is 1. The Kier molecular flexibility index (Phi) is 7.33. The number of aliphatic hydroxyl groups excluding tert-OH is 1. The van der Waals surface area contributed by atoms with Crippen LogP contribution >= 0.6 is 0 Å². The second-order valence-electron chi connectivity index (χ2n) is 7.19. The SMILES string of the molecule is CC(C)[C@H](O)CN[C@@H](C)C(=O)NC1C=CC(c2ccccc2)=CN(C)C1=O. The lowest BCUT2D eigenvalue weighted by molar-refractivity contribution is -0.132. The summed E-state index contributed by atoms with van der Waals surface area (Å²) in [5, 5.41) is 15.6. The van der Waals surface area contributed by atoms with Crippen LogP contribution in [0.5, 0.6) is 0 Å². The molecule has 0 aromatic heterocycles. The fraction of sp³-hybridized carbons (Fsp3) is 0.429. The highest BCUT2D eigenvalue weighted by Crippen LogP contribution is 2.19. The van der Waals surface area contributed by atoms with Crippen molar-refractivity contribution >= 4 is 17.4 Å². The Morgan fingerprint density at radius 3 is 2.52 bits per heavy atom. The summed E-state index contributed by atoms with van der Waals surface area (Å²) < 4.78 is 0. The minimum atomic E-state index is -0.737. The molecule has 27 heavy (non-hydrogen) atoms. The van der Waals surface area contributed by atoms with Gasteiger partial charge in [-0.15, -0.1) is 0 Å². The molecule has 2 rings (SSSR count). The summed E-state index contributed by atoms with van der Waals surface area (Å²) in [5.74, 6) is -0.388. The molecule has 6 nitrogen and oxygen atoms in total. The molecular formula is C21H29N3O3. The number of carbonyl (C=O) groups excluding carboxylic acids is 2. The zero-order chi connectivity index (χ0) is 20.0. The lowest BCUT2D eigenvalue weighted by atomic mass is 10.1. The van der Waals surface area contributed by atoms with Crippen LogP contribution in [-0.2, 0) is 9.59 Å². The average Bonchev–Trinajstić information content (AvgIpc) is 2.80. The zero-order valence-electron chi connectivity index (χ0n) is 16.3. The molecular weight excluding hydrogens is 342 g/mol. The van der Waals surface area contributed by atoms with Gasteiger partial charge in [-0.3, -0.25) is 9.59 Å². The molecule has 3 atom stereocenters. The van der Waals surface area contributed by atoms with E-state index in [1.165, 1.54) is 4.90 Å². The van der Waals surface area contributed by atoms with Gasteiger partial charge in [0, 0.05) is 19.8 Å². The largest absolute Gasteiger partial charge is 0.392 e. The van der Waals surface area contributed by atoms with Crippen LogP contribution in [0.15, 0.2) is 48.7 Å². The first kappa shape index (κ1) is 20.9. The predicted molar refractivity (Wildman–Crippen MR) is 107 cm³/mol. The van der Waals surface area contributed by atoms with Gasteiger partial charge >= 0.3 is 0 Å². The number of aliphatic hydroxyl groups is 1. The van der Waals surface area contributed by atoms with Gasteiger partial charge in [0.2, 0.25) is 5.91 Å². The van der Waals surface area contributed by atoms with E-state index in [2.05, 4.69) is 10.6 Å². The lowest BCUT2D eigenvalue weighted by Gasteiger charge is -2.22. The van der Waals surface area contributed by atoms with Crippen molar-refractivity contribution in [2.45, 2.75) is 39.0 Å². The van der Waals surface area contributed by atoms with Crippen molar-refractivity contribution in [3.05, 3.63) is 54.2 Å². The maximum absolute atomic E-state index is 12.6. The fourth-order valence-electron chi connectivity index (χ4n) is 2.63. The number of nitrogens with one attached hydrogen (secondary N) is 2. The number of rotatable bonds is 7. The standard InChI is InChI=1S/C21H29N3O3/c1-14(2)19(25)12-22-15(3)20(26)23-18-11-10-17(13-24(4)21(18)27)16-8-6-5-7-9-16/h5-11,13-15,18-19,22,25H,12H2,1-4H3,(H,23,26)/t15-,18?,19+/m0/s1. The van der Waals surface area contributed by atoms with E-state index >= 15 is 0 Å². The van der Waals surface area contributed by atoms with Crippen molar-refractivity contribution < 1.29 is 14.7 Å².